The van der Waals surface area contributed by atoms with E-state index in [9.17, 15) is 0 Å². The van der Waals surface area contributed by atoms with E-state index >= 15 is 0 Å². The van der Waals surface area contributed by atoms with Crippen LogP contribution in [0.15, 0.2) is 48.8 Å². The Morgan fingerprint density at radius 2 is 1.95 bits per heavy atom. The van der Waals surface area contributed by atoms with E-state index in [1.807, 2.05) is 24.5 Å². The van der Waals surface area contributed by atoms with Crippen molar-refractivity contribution in [2.45, 2.75) is 37.6 Å². The molecule has 2 nitrogen and oxygen atoms in total. The lowest BCUT2D eigenvalue weighted by molar-refractivity contribution is 0.476. The summed E-state index contributed by atoms with van der Waals surface area (Å²) in [5.74, 6) is 0.605. The Balaban J connectivity index is 1.78. The van der Waals surface area contributed by atoms with Gasteiger partial charge in [0.15, 0.2) is 0 Å². The monoisotopic (exact) mass is 252 g/mol. The molecule has 0 radical (unpaired) electrons. The van der Waals surface area contributed by atoms with Crippen molar-refractivity contribution in [1.29, 1.82) is 0 Å². The Bertz CT molecular complexity index is 536. The number of hydrogen-bond donors (Lipinski definition) is 1. The first-order chi connectivity index (χ1) is 9.34. The molecule has 2 aromatic rings. The van der Waals surface area contributed by atoms with Gasteiger partial charge in [-0.25, -0.2) is 0 Å². The fourth-order valence-corrected chi connectivity index (χ4v) is 3.15. The highest BCUT2D eigenvalue weighted by molar-refractivity contribution is 5.33. The van der Waals surface area contributed by atoms with Crippen molar-refractivity contribution in [3.63, 3.8) is 0 Å². The maximum absolute atomic E-state index is 6.36. The van der Waals surface area contributed by atoms with Gasteiger partial charge in [-0.1, -0.05) is 24.3 Å². The summed E-state index contributed by atoms with van der Waals surface area (Å²) in [6, 6.07) is 13.0. The summed E-state index contributed by atoms with van der Waals surface area (Å²) in [6.45, 7) is 0. The van der Waals surface area contributed by atoms with Gasteiger partial charge in [-0.3, -0.25) is 4.98 Å². The van der Waals surface area contributed by atoms with E-state index < -0.39 is 0 Å². The highest BCUT2D eigenvalue weighted by Crippen LogP contribution is 2.36. The van der Waals surface area contributed by atoms with E-state index in [4.69, 9.17) is 5.73 Å². The van der Waals surface area contributed by atoms with Crippen LogP contribution in [-0.4, -0.2) is 4.98 Å². The highest BCUT2D eigenvalue weighted by atomic mass is 14.7. The maximum Gasteiger partial charge on any atom is 0.0301 e. The zero-order chi connectivity index (χ0) is 13.1. The van der Waals surface area contributed by atoms with Crippen LogP contribution in [-0.2, 0) is 6.42 Å². The van der Waals surface area contributed by atoms with Crippen molar-refractivity contribution in [2.24, 2.45) is 5.73 Å². The van der Waals surface area contributed by atoms with Gasteiger partial charge in [0.05, 0.1) is 0 Å². The van der Waals surface area contributed by atoms with Gasteiger partial charge in [0, 0.05) is 18.4 Å². The van der Waals surface area contributed by atoms with Crippen LogP contribution >= 0.6 is 0 Å². The Morgan fingerprint density at radius 1 is 1.16 bits per heavy atom. The fourth-order valence-electron chi connectivity index (χ4n) is 3.15. The molecule has 1 aliphatic carbocycles. The van der Waals surface area contributed by atoms with E-state index in [0.29, 0.717) is 5.92 Å². The lowest BCUT2D eigenvalue weighted by atomic mass is 9.79. The third kappa shape index (κ3) is 2.69. The molecule has 0 amide bonds. The molecule has 1 heterocycles. The zero-order valence-electron chi connectivity index (χ0n) is 11.1. The first kappa shape index (κ1) is 12.4. The quantitative estimate of drug-likeness (QED) is 0.906. The molecular weight excluding hydrogens is 232 g/mol. The fraction of sp³-hybridized carbons (Fsp3) is 0.353. The van der Waals surface area contributed by atoms with Gasteiger partial charge in [0.2, 0.25) is 0 Å². The number of benzene rings is 1. The van der Waals surface area contributed by atoms with Crippen molar-refractivity contribution >= 4 is 0 Å². The standard InChI is InChI=1S/C17H20N2/c18-17(14-8-10-19-11-9-14)12-15-6-3-5-13-4-1-2-7-16(13)15/h1-2,4,7-11,15,17H,3,5-6,12,18H2. The van der Waals surface area contributed by atoms with E-state index in [0.717, 1.165) is 6.42 Å². The first-order valence-corrected chi connectivity index (χ1v) is 7.08. The molecule has 0 saturated heterocycles. The molecule has 0 saturated carbocycles. The summed E-state index contributed by atoms with van der Waals surface area (Å²) in [7, 11) is 0. The Labute approximate surface area is 114 Å². The van der Waals surface area contributed by atoms with Crippen molar-refractivity contribution in [3.05, 3.63) is 65.5 Å². The molecule has 3 rings (SSSR count). The molecule has 2 atom stereocenters. The summed E-state index contributed by atoms with van der Waals surface area (Å²) < 4.78 is 0. The third-order valence-corrected chi connectivity index (χ3v) is 4.17. The minimum atomic E-state index is 0.110. The Hall–Kier alpha value is -1.67. The van der Waals surface area contributed by atoms with Crippen LogP contribution < -0.4 is 5.73 Å². The second-order valence-corrected chi connectivity index (χ2v) is 5.41. The van der Waals surface area contributed by atoms with Crippen molar-refractivity contribution in [2.75, 3.05) is 0 Å². The number of aromatic nitrogens is 1. The molecule has 0 fully saturated rings. The Morgan fingerprint density at radius 3 is 2.79 bits per heavy atom. The minimum Gasteiger partial charge on any atom is -0.324 e. The van der Waals surface area contributed by atoms with Gasteiger partial charge in [-0.15, -0.1) is 0 Å². The number of nitrogens with two attached hydrogens (primary N) is 1. The average molecular weight is 252 g/mol. The molecule has 2 heteroatoms. The summed E-state index contributed by atoms with van der Waals surface area (Å²) in [6.07, 6.45) is 8.44. The maximum atomic E-state index is 6.36. The molecule has 1 aliphatic rings. The minimum absolute atomic E-state index is 0.110. The van der Waals surface area contributed by atoms with Crippen LogP contribution in [0.2, 0.25) is 0 Å². The molecule has 2 unspecified atom stereocenters. The first-order valence-electron chi connectivity index (χ1n) is 7.08. The number of hydrogen-bond acceptors (Lipinski definition) is 2. The van der Waals surface area contributed by atoms with Gasteiger partial charge in [-0.2, -0.15) is 0 Å². The van der Waals surface area contributed by atoms with Crippen molar-refractivity contribution in [1.82, 2.24) is 4.98 Å². The predicted molar refractivity (Wildman–Crippen MR) is 77.9 cm³/mol. The highest BCUT2D eigenvalue weighted by Gasteiger charge is 2.22. The second-order valence-electron chi connectivity index (χ2n) is 5.41. The van der Waals surface area contributed by atoms with Crippen molar-refractivity contribution in [3.8, 4) is 0 Å². The van der Waals surface area contributed by atoms with Crippen LogP contribution in [0.4, 0.5) is 0 Å². The molecule has 2 N–H and O–H groups in total. The zero-order valence-corrected chi connectivity index (χ0v) is 11.1. The van der Waals surface area contributed by atoms with E-state index in [1.54, 1.807) is 0 Å². The van der Waals surface area contributed by atoms with Gasteiger partial charge >= 0.3 is 0 Å². The normalized spacial score (nSPS) is 19.7. The average Bonchev–Trinajstić information content (AvgIpc) is 2.48. The molecule has 1 aromatic heterocycles. The van der Waals surface area contributed by atoms with Crippen LogP contribution in [0.5, 0.6) is 0 Å². The predicted octanol–water partition coefficient (Wildman–Crippen LogP) is 3.59. The van der Waals surface area contributed by atoms with Gasteiger partial charge in [0.1, 0.15) is 0 Å². The lowest BCUT2D eigenvalue weighted by Gasteiger charge is -2.27. The summed E-state index contributed by atoms with van der Waals surface area (Å²) in [5.41, 5.74) is 10.6. The van der Waals surface area contributed by atoms with Crippen LogP contribution in [0.25, 0.3) is 0 Å². The van der Waals surface area contributed by atoms with E-state index in [-0.39, 0.29) is 6.04 Å². The van der Waals surface area contributed by atoms with Gasteiger partial charge in [0.25, 0.3) is 0 Å². The summed E-state index contributed by atoms with van der Waals surface area (Å²) in [5, 5.41) is 0. The number of pyridine rings is 1. The van der Waals surface area contributed by atoms with E-state index in [1.165, 1.54) is 36.0 Å². The molecule has 98 valence electrons. The lowest BCUT2D eigenvalue weighted by Crippen LogP contribution is -2.18. The molecular formula is C17H20N2. The van der Waals surface area contributed by atoms with Gasteiger partial charge < -0.3 is 5.73 Å². The molecule has 0 bridgehead atoms. The smallest absolute Gasteiger partial charge is 0.0301 e. The van der Waals surface area contributed by atoms with Crippen LogP contribution in [0, 0.1) is 0 Å². The molecule has 1 aromatic carbocycles. The number of fused-ring (bicyclic) bond motifs is 1. The number of rotatable bonds is 3. The van der Waals surface area contributed by atoms with E-state index in [2.05, 4.69) is 29.2 Å². The van der Waals surface area contributed by atoms with Crippen LogP contribution in [0.3, 0.4) is 0 Å². The van der Waals surface area contributed by atoms with Gasteiger partial charge in [-0.05, 0) is 60.4 Å². The summed E-state index contributed by atoms with van der Waals surface area (Å²) in [4.78, 5) is 4.05. The SMILES string of the molecule is NC(CC1CCCc2ccccc21)c1ccncc1. The molecule has 0 spiro atoms. The third-order valence-electron chi connectivity index (χ3n) is 4.17. The Kier molecular flexibility index (Phi) is 3.60. The second kappa shape index (κ2) is 5.54. The molecule has 19 heavy (non-hydrogen) atoms. The summed E-state index contributed by atoms with van der Waals surface area (Å²) >= 11 is 0. The largest absolute Gasteiger partial charge is 0.324 e. The van der Waals surface area contributed by atoms with Crippen LogP contribution in [0.1, 0.15) is 47.9 Å². The van der Waals surface area contributed by atoms with Crippen molar-refractivity contribution < 1.29 is 0 Å². The topological polar surface area (TPSA) is 38.9 Å². The number of nitrogens with zero attached hydrogens (tertiary/aromatic N) is 1. The number of aryl methyl sites for hydroxylation is 1. The molecule has 0 aliphatic heterocycles.